The maximum atomic E-state index is 11.4. The zero-order valence-corrected chi connectivity index (χ0v) is 15.6. The van der Waals surface area contributed by atoms with Crippen molar-refractivity contribution in [2.75, 3.05) is 5.32 Å². The summed E-state index contributed by atoms with van der Waals surface area (Å²) in [6.45, 7) is 2.18. The van der Waals surface area contributed by atoms with Crippen LogP contribution >= 0.6 is 11.6 Å². The molecule has 134 valence electrons. The van der Waals surface area contributed by atoms with E-state index in [1.54, 1.807) is 0 Å². The molecule has 4 aromatic rings. The first kappa shape index (κ1) is 17.3. The average Bonchev–Trinajstić information content (AvgIpc) is 3.02. The first-order valence-electron chi connectivity index (χ1n) is 8.68. The van der Waals surface area contributed by atoms with Gasteiger partial charge in [-0.25, -0.2) is 4.98 Å². The van der Waals surface area contributed by atoms with Gasteiger partial charge in [-0.05, 0) is 42.0 Å². The maximum absolute atomic E-state index is 11.4. The monoisotopic (exact) mass is 375 g/mol. The predicted molar refractivity (Wildman–Crippen MR) is 110 cm³/mol. The van der Waals surface area contributed by atoms with Gasteiger partial charge in [0.15, 0.2) is 0 Å². The van der Waals surface area contributed by atoms with Crippen molar-refractivity contribution in [3.63, 3.8) is 0 Å². The molecule has 1 amide bonds. The van der Waals surface area contributed by atoms with Crippen molar-refractivity contribution in [1.82, 2.24) is 9.55 Å². The molecule has 1 N–H and O–H groups in total. The number of hydrogen-bond donors (Lipinski definition) is 1. The number of halogens is 1. The van der Waals surface area contributed by atoms with Crippen molar-refractivity contribution in [2.24, 2.45) is 0 Å². The molecule has 0 aliphatic rings. The topological polar surface area (TPSA) is 46.9 Å². The standard InChI is InChI=1S/C22H18ClN3O/c1-15(27)24-19-6-4-5-17(13-19)22-25-20-7-2-3-8-21(20)26(22)14-16-9-11-18(23)12-10-16/h2-13H,14H2,1H3,(H,24,27). The maximum Gasteiger partial charge on any atom is 0.221 e. The van der Waals surface area contributed by atoms with Gasteiger partial charge in [-0.3, -0.25) is 4.79 Å². The number of nitrogens with zero attached hydrogens (tertiary/aromatic N) is 2. The van der Waals surface area contributed by atoms with E-state index in [-0.39, 0.29) is 5.91 Å². The van der Waals surface area contributed by atoms with Gasteiger partial charge in [0.2, 0.25) is 5.91 Å². The van der Waals surface area contributed by atoms with Crippen molar-refractivity contribution in [2.45, 2.75) is 13.5 Å². The largest absolute Gasteiger partial charge is 0.326 e. The minimum absolute atomic E-state index is 0.0955. The van der Waals surface area contributed by atoms with E-state index in [2.05, 4.69) is 16.0 Å². The van der Waals surface area contributed by atoms with Gasteiger partial charge in [-0.2, -0.15) is 0 Å². The molecule has 0 saturated heterocycles. The molecular weight excluding hydrogens is 358 g/mol. The summed E-state index contributed by atoms with van der Waals surface area (Å²) < 4.78 is 2.19. The highest BCUT2D eigenvalue weighted by Gasteiger charge is 2.13. The molecule has 1 aromatic heterocycles. The average molecular weight is 376 g/mol. The summed E-state index contributed by atoms with van der Waals surface area (Å²) in [5.74, 6) is 0.764. The van der Waals surface area contributed by atoms with Crippen LogP contribution in [0.1, 0.15) is 12.5 Å². The molecule has 5 heteroatoms. The lowest BCUT2D eigenvalue weighted by molar-refractivity contribution is -0.114. The number of nitrogens with one attached hydrogen (secondary N) is 1. The third-order valence-electron chi connectivity index (χ3n) is 4.35. The van der Waals surface area contributed by atoms with E-state index in [0.717, 1.165) is 38.7 Å². The van der Waals surface area contributed by atoms with Crippen LogP contribution in [-0.4, -0.2) is 15.5 Å². The van der Waals surface area contributed by atoms with E-state index < -0.39 is 0 Å². The van der Waals surface area contributed by atoms with Crippen molar-refractivity contribution in [1.29, 1.82) is 0 Å². The van der Waals surface area contributed by atoms with E-state index in [4.69, 9.17) is 16.6 Å². The lowest BCUT2D eigenvalue weighted by Crippen LogP contribution is -2.06. The number of fused-ring (bicyclic) bond motifs is 1. The van der Waals surface area contributed by atoms with Crippen LogP contribution in [0.25, 0.3) is 22.4 Å². The normalized spacial score (nSPS) is 10.9. The molecule has 0 saturated carbocycles. The smallest absolute Gasteiger partial charge is 0.221 e. The Morgan fingerprint density at radius 3 is 2.59 bits per heavy atom. The Bertz CT molecular complexity index is 1120. The Kier molecular flexibility index (Phi) is 4.65. The highest BCUT2D eigenvalue weighted by atomic mass is 35.5. The highest BCUT2D eigenvalue weighted by molar-refractivity contribution is 6.30. The molecule has 1 heterocycles. The predicted octanol–water partition coefficient (Wildman–Crippen LogP) is 5.36. The third kappa shape index (κ3) is 3.71. The van der Waals surface area contributed by atoms with Gasteiger partial charge < -0.3 is 9.88 Å². The van der Waals surface area contributed by atoms with Crippen LogP contribution in [0, 0.1) is 0 Å². The molecule has 0 radical (unpaired) electrons. The lowest BCUT2D eigenvalue weighted by atomic mass is 10.1. The number of carbonyl (C=O) groups is 1. The second-order valence-electron chi connectivity index (χ2n) is 6.40. The minimum atomic E-state index is -0.0955. The molecule has 0 atom stereocenters. The first-order chi connectivity index (χ1) is 13.1. The van der Waals surface area contributed by atoms with Crippen molar-refractivity contribution in [3.05, 3.63) is 83.4 Å². The van der Waals surface area contributed by atoms with Crippen LogP contribution in [0.4, 0.5) is 5.69 Å². The number of hydrogen-bond acceptors (Lipinski definition) is 2. The van der Waals surface area contributed by atoms with Crippen LogP contribution in [-0.2, 0) is 11.3 Å². The second kappa shape index (κ2) is 7.25. The van der Waals surface area contributed by atoms with E-state index in [1.807, 2.05) is 66.7 Å². The Labute approximate surface area is 162 Å². The molecule has 0 aliphatic heterocycles. The van der Waals surface area contributed by atoms with E-state index >= 15 is 0 Å². The van der Waals surface area contributed by atoms with E-state index in [1.165, 1.54) is 6.92 Å². The molecule has 0 unspecified atom stereocenters. The molecule has 4 nitrogen and oxygen atoms in total. The van der Waals surface area contributed by atoms with E-state index in [0.29, 0.717) is 6.54 Å². The van der Waals surface area contributed by atoms with Gasteiger partial charge in [0.25, 0.3) is 0 Å². The summed E-state index contributed by atoms with van der Waals surface area (Å²) in [6, 6.07) is 23.7. The van der Waals surface area contributed by atoms with E-state index in [9.17, 15) is 4.79 Å². The van der Waals surface area contributed by atoms with Crippen molar-refractivity contribution >= 4 is 34.2 Å². The van der Waals surface area contributed by atoms with Crippen LogP contribution in [0.3, 0.4) is 0 Å². The summed E-state index contributed by atoms with van der Waals surface area (Å²) in [5.41, 5.74) is 4.84. The van der Waals surface area contributed by atoms with Crippen LogP contribution < -0.4 is 5.32 Å². The van der Waals surface area contributed by atoms with Crippen molar-refractivity contribution < 1.29 is 4.79 Å². The summed E-state index contributed by atoms with van der Waals surface area (Å²) in [5, 5.41) is 3.55. The number of aromatic nitrogens is 2. The Hall–Kier alpha value is -3.11. The molecular formula is C22H18ClN3O. The number of anilines is 1. The molecule has 3 aromatic carbocycles. The second-order valence-corrected chi connectivity index (χ2v) is 6.84. The number of para-hydroxylation sites is 2. The van der Waals surface area contributed by atoms with Gasteiger partial charge in [-0.1, -0.05) is 48.0 Å². The molecule has 4 rings (SSSR count). The number of benzene rings is 3. The molecule has 0 aliphatic carbocycles. The zero-order chi connectivity index (χ0) is 18.8. The fourth-order valence-electron chi connectivity index (χ4n) is 3.17. The lowest BCUT2D eigenvalue weighted by Gasteiger charge is -2.11. The number of amides is 1. The van der Waals surface area contributed by atoms with Crippen molar-refractivity contribution in [3.8, 4) is 11.4 Å². The Balaban J connectivity index is 1.83. The molecule has 0 fully saturated rings. The quantitative estimate of drug-likeness (QED) is 0.521. The SMILES string of the molecule is CC(=O)Nc1cccc(-c2nc3ccccc3n2Cc2ccc(Cl)cc2)c1. The molecule has 27 heavy (non-hydrogen) atoms. The highest BCUT2D eigenvalue weighted by Crippen LogP contribution is 2.28. The van der Waals surface area contributed by atoms with Gasteiger partial charge in [0, 0.05) is 29.7 Å². The summed E-state index contributed by atoms with van der Waals surface area (Å²) >= 11 is 6.02. The molecule has 0 bridgehead atoms. The Morgan fingerprint density at radius 1 is 1.04 bits per heavy atom. The number of rotatable bonds is 4. The van der Waals surface area contributed by atoms with Crippen LogP contribution in [0.2, 0.25) is 5.02 Å². The fourth-order valence-corrected chi connectivity index (χ4v) is 3.29. The summed E-state index contributed by atoms with van der Waals surface area (Å²) in [4.78, 5) is 16.2. The van der Waals surface area contributed by atoms with Crippen LogP contribution in [0.15, 0.2) is 72.8 Å². The van der Waals surface area contributed by atoms with Gasteiger partial charge in [0.05, 0.1) is 11.0 Å². The summed E-state index contributed by atoms with van der Waals surface area (Å²) in [7, 11) is 0. The number of imidazole rings is 1. The zero-order valence-electron chi connectivity index (χ0n) is 14.8. The number of carbonyl (C=O) groups excluding carboxylic acids is 1. The first-order valence-corrected chi connectivity index (χ1v) is 9.06. The Morgan fingerprint density at radius 2 is 1.81 bits per heavy atom. The van der Waals surface area contributed by atoms with Gasteiger partial charge >= 0.3 is 0 Å². The third-order valence-corrected chi connectivity index (χ3v) is 4.60. The van der Waals surface area contributed by atoms with Crippen LogP contribution in [0.5, 0.6) is 0 Å². The molecule has 0 spiro atoms. The summed E-state index contributed by atoms with van der Waals surface area (Å²) in [6.07, 6.45) is 0. The fraction of sp³-hybridized carbons (Fsp3) is 0.0909. The minimum Gasteiger partial charge on any atom is -0.326 e. The van der Waals surface area contributed by atoms with Gasteiger partial charge in [0.1, 0.15) is 5.82 Å². The van der Waals surface area contributed by atoms with Gasteiger partial charge in [-0.15, -0.1) is 0 Å².